The van der Waals surface area contributed by atoms with Crippen LogP contribution in [-0.2, 0) is 21.7 Å². The zero-order valence-corrected chi connectivity index (χ0v) is 22.8. The van der Waals surface area contributed by atoms with Gasteiger partial charge in [-0.15, -0.1) is 0 Å². The minimum atomic E-state index is -1.45. The van der Waals surface area contributed by atoms with Gasteiger partial charge in [0.15, 0.2) is 11.9 Å². The summed E-state index contributed by atoms with van der Waals surface area (Å²) < 4.78 is 23.1. The van der Waals surface area contributed by atoms with Crippen LogP contribution in [0, 0.1) is 0 Å². The fourth-order valence-electron chi connectivity index (χ4n) is 5.29. The van der Waals surface area contributed by atoms with Crippen molar-refractivity contribution in [1.82, 2.24) is 0 Å². The van der Waals surface area contributed by atoms with Crippen LogP contribution in [0.25, 0.3) is 0 Å². The highest BCUT2D eigenvalue weighted by atomic mass is 16.6. The molecule has 1 amide bonds. The molecular formula is C32H23NO10. The summed E-state index contributed by atoms with van der Waals surface area (Å²) in [6.45, 7) is -0.154. The van der Waals surface area contributed by atoms with Crippen molar-refractivity contribution in [2.45, 2.75) is 12.2 Å². The number of hydrogen-bond donors (Lipinski definition) is 2. The van der Waals surface area contributed by atoms with Crippen LogP contribution in [-0.4, -0.2) is 48.7 Å². The van der Waals surface area contributed by atoms with Crippen LogP contribution in [0.1, 0.15) is 53.3 Å². The van der Waals surface area contributed by atoms with Gasteiger partial charge in [-0.1, -0.05) is 12.1 Å². The summed E-state index contributed by atoms with van der Waals surface area (Å²) in [7, 11) is 3.01. The first kappa shape index (κ1) is 27.3. The second-order valence-corrected chi connectivity index (χ2v) is 9.91. The van der Waals surface area contributed by atoms with Crippen molar-refractivity contribution in [2.75, 3.05) is 19.1 Å². The molecule has 1 atom stereocenters. The molecule has 11 nitrogen and oxygen atoms in total. The monoisotopic (exact) mass is 581 g/mol. The third kappa shape index (κ3) is 4.38. The van der Waals surface area contributed by atoms with E-state index in [1.165, 1.54) is 43.3 Å². The van der Waals surface area contributed by atoms with Gasteiger partial charge in [0.2, 0.25) is 0 Å². The van der Waals surface area contributed by atoms with Crippen molar-refractivity contribution in [1.29, 1.82) is 0 Å². The number of nitrogens with zero attached hydrogens (tertiary/aromatic N) is 1. The van der Waals surface area contributed by atoms with Gasteiger partial charge in [0.25, 0.3) is 0 Å². The number of carbonyl (C=O) groups is 4. The van der Waals surface area contributed by atoms with Crippen LogP contribution in [0.4, 0.5) is 10.5 Å². The fraction of sp³-hybridized carbons (Fsp3) is 0.125. The Morgan fingerprint density at radius 3 is 2.37 bits per heavy atom. The molecule has 0 radical (unpaired) electrons. The van der Waals surface area contributed by atoms with E-state index in [0.717, 1.165) is 0 Å². The summed E-state index contributed by atoms with van der Waals surface area (Å²) in [5.41, 5.74) is 1.04. The zero-order chi connectivity index (χ0) is 30.5. The average Bonchev–Trinajstić information content (AvgIpc) is 3.30. The summed E-state index contributed by atoms with van der Waals surface area (Å²) in [5.74, 6) is -0.964. The molecule has 6 rings (SSSR count). The number of carbonyl (C=O) groups excluding carboxylic acids is 3. The van der Waals surface area contributed by atoms with Crippen LogP contribution in [0.15, 0.2) is 72.8 Å². The van der Waals surface area contributed by atoms with Crippen LogP contribution in [0.5, 0.6) is 23.0 Å². The minimum Gasteiger partial charge on any atom is -0.507 e. The number of carboxylic acid groups (broad SMARTS) is 1. The molecule has 2 aliphatic heterocycles. The molecule has 11 heteroatoms. The van der Waals surface area contributed by atoms with Crippen molar-refractivity contribution < 1.29 is 48.3 Å². The number of aromatic hydroxyl groups is 1. The van der Waals surface area contributed by atoms with Crippen LogP contribution >= 0.6 is 0 Å². The van der Waals surface area contributed by atoms with Gasteiger partial charge in [0.1, 0.15) is 29.6 Å². The molecule has 0 bridgehead atoms. The SMILES string of the molecule is COc1ccc2c(c1)Oc1cc(N(C)C(=O)OCc3ccc(C=O)c(O)c3)ccc1C21OC(=O)c2cc(C(=O)O)ccc21. The van der Waals surface area contributed by atoms with Crippen molar-refractivity contribution in [3.8, 4) is 23.0 Å². The number of benzene rings is 4. The first-order chi connectivity index (χ1) is 20.7. The lowest BCUT2D eigenvalue weighted by Crippen LogP contribution is -2.33. The molecular weight excluding hydrogens is 558 g/mol. The maximum atomic E-state index is 13.2. The lowest BCUT2D eigenvalue weighted by Gasteiger charge is -2.37. The lowest BCUT2D eigenvalue weighted by molar-refractivity contribution is 0.0224. The molecule has 0 saturated carbocycles. The van der Waals surface area contributed by atoms with E-state index in [2.05, 4.69) is 0 Å². The average molecular weight is 582 g/mol. The summed E-state index contributed by atoms with van der Waals surface area (Å²) >= 11 is 0. The Morgan fingerprint density at radius 2 is 1.67 bits per heavy atom. The maximum absolute atomic E-state index is 13.2. The van der Waals surface area contributed by atoms with Gasteiger partial charge in [-0.2, -0.15) is 0 Å². The van der Waals surface area contributed by atoms with Crippen LogP contribution in [0.3, 0.4) is 0 Å². The molecule has 2 N–H and O–H groups in total. The molecule has 4 aromatic rings. The number of carboxylic acids is 1. The smallest absolute Gasteiger partial charge is 0.414 e. The van der Waals surface area contributed by atoms with E-state index in [4.69, 9.17) is 18.9 Å². The van der Waals surface area contributed by atoms with E-state index in [9.17, 15) is 29.4 Å². The van der Waals surface area contributed by atoms with E-state index in [0.29, 0.717) is 45.7 Å². The van der Waals surface area contributed by atoms with Gasteiger partial charge in [-0.05, 0) is 54.1 Å². The first-order valence-corrected chi connectivity index (χ1v) is 13.0. The van der Waals surface area contributed by atoms with E-state index in [-0.39, 0.29) is 34.8 Å². The van der Waals surface area contributed by atoms with Gasteiger partial charge >= 0.3 is 18.0 Å². The van der Waals surface area contributed by atoms with E-state index >= 15 is 0 Å². The number of phenolic OH excluding ortho intramolecular Hbond substituents is 1. The van der Waals surface area contributed by atoms with E-state index in [1.807, 2.05) is 0 Å². The van der Waals surface area contributed by atoms with Crippen molar-refractivity contribution in [3.63, 3.8) is 0 Å². The topological polar surface area (TPSA) is 149 Å². The molecule has 0 fully saturated rings. The highest BCUT2D eigenvalue weighted by Crippen LogP contribution is 2.57. The van der Waals surface area contributed by atoms with Gasteiger partial charge in [-0.3, -0.25) is 9.69 Å². The first-order valence-electron chi connectivity index (χ1n) is 13.0. The van der Waals surface area contributed by atoms with E-state index < -0.39 is 23.6 Å². The Labute approximate surface area is 244 Å². The quantitative estimate of drug-likeness (QED) is 0.228. The second kappa shape index (κ2) is 10.2. The normalized spacial score (nSPS) is 15.8. The van der Waals surface area contributed by atoms with Crippen molar-refractivity contribution in [2.24, 2.45) is 0 Å². The minimum absolute atomic E-state index is 0.0552. The summed E-state index contributed by atoms with van der Waals surface area (Å²) in [5, 5.41) is 19.4. The highest BCUT2D eigenvalue weighted by Gasteiger charge is 2.54. The third-order valence-electron chi connectivity index (χ3n) is 7.49. The van der Waals surface area contributed by atoms with Crippen LogP contribution < -0.4 is 14.4 Å². The molecule has 1 unspecified atom stereocenters. The number of aromatic carboxylic acids is 1. The maximum Gasteiger partial charge on any atom is 0.414 e. The standard InChI is InChI=1S/C32H23NO10/c1-33(31(39)41-16-17-3-4-19(15-34)26(35)11-17)20-6-9-24-27(13-20)42-28-14-21(40-2)7-10-25(28)32(24)23-8-5-18(29(36)37)12-22(23)30(38)43-32/h3-15,35H,16H2,1-2H3,(H,36,37). The zero-order valence-electron chi connectivity index (χ0n) is 22.8. The third-order valence-corrected chi connectivity index (χ3v) is 7.49. The summed E-state index contributed by atoms with van der Waals surface area (Å²) in [6.07, 6.45) is -0.181. The number of anilines is 1. The Balaban J connectivity index is 1.37. The number of hydrogen-bond acceptors (Lipinski definition) is 9. The molecule has 2 aliphatic rings. The van der Waals surface area contributed by atoms with Gasteiger partial charge in [-0.25, -0.2) is 14.4 Å². The molecule has 0 aliphatic carbocycles. The second-order valence-electron chi connectivity index (χ2n) is 9.91. The molecule has 1 spiro atoms. The number of aldehydes is 1. The Bertz CT molecular complexity index is 1850. The highest BCUT2D eigenvalue weighted by molar-refractivity contribution is 6.00. The van der Waals surface area contributed by atoms with Gasteiger partial charge in [0, 0.05) is 35.9 Å². The predicted octanol–water partition coefficient (Wildman–Crippen LogP) is 5.25. The molecule has 0 saturated heterocycles. The van der Waals surface area contributed by atoms with E-state index in [1.54, 1.807) is 48.5 Å². The van der Waals surface area contributed by atoms with Crippen molar-refractivity contribution >= 4 is 30.0 Å². The lowest BCUT2D eigenvalue weighted by atomic mass is 9.77. The number of esters is 1. The fourth-order valence-corrected chi connectivity index (χ4v) is 5.29. The number of rotatable bonds is 6. The largest absolute Gasteiger partial charge is 0.507 e. The summed E-state index contributed by atoms with van der Waals surface area (Å²) in [6, 6.07) is 18.6. The van der Waals surface area contributed by atoms with Gasteiger partial charge in [0.05, 0.1) is 29.5 Å². The Hall–Kier alpha value is -5.84. The molecule has 216 valence electrons. The number of phenols is 1. The predicted molar refractivity (Wildman–Crippen MR) is 150 cm³/mol. The molecule has 4 aromatic carbocycles. The molecule has 2 heterocycles. The molecule has 0 aromatic heterocycles. The number of amides is 1. The summed E-state index contributed by atoms with van der Waals surface area (Å²) in [4.78, 5) is 49.9. The van der Waals surface area contributed by atoms with Crippen LogP contribution in [0.2, 0.25) is 0 Å². The number of fused-ring (bicyclic) bond motifs is 6. The van der Waals surface area contributed by atoms with Crippen molar-refractivity contribution in [3.05, 3.63) is 112 Å². The Kier molecular flexibility index (Phi) is 6.49. The number of methoxy groups -OCH3 is 1. The van der Waals surface area contributed by atoms with Gasteiger partial charge < -0.3 is 29.2 Å². The Morgan fingerprint density at radius 1 is 0.953 bits per heavy atom. The number of ether oxygens (including phenoxy) is 4. The molecule has 43 heavy (non-hydrogen) atoms.